The Hall–Kier alpha value is -0.745. The average Bonchev–Trinajstić information content (AvgIpc) is 2.68. The quantitative estimate of drug-likeness (QED) is 0.806. The van der Waals surface area contributed by atoms with Gasteiger partial charge in [0.15, 0.2) is 0 Å². The first-order valence-electron chi connectivity index (χ1n) is 7.99. The molecule has 1 atom stereocenters. The van der Waals surface area contributed by atoms with Gasteiger partial charge in [0.25, 0.3) is 0 Å². The van der Waals surface area contributed by atoms with E-state index in [1.165, 1.54) is 5.56 Å². The summed E-state index contributed by atoms with van der Waals surface area (Å²) in [6, 6.07) is 8.16. The third-order valence-corrected chi connectivity index (χ3v) is 4.76. The van der Waals surface area contributed by atoms with Gasteiger partial charge in [-0.1, -0.05) is 12.1 Å². The smallest absolute Gasteiger partial charge is 0.475 e. The summed E-state index contributed by atoms with van der Waals surface area (Å²) < 4.78 is 17.2. The van der Waals surface area contributed by atoms with Gasteiger partial charge in [0.1, 0.15) is 5.75 Å². The lowest BCUT2D eigenvalue weighted by Crippen LogP contribution is -2.41. The summed E-state index contributed by atoms with van der Waals surface area (Å²) >= 11 is 0. The van der Waals surface area contributed by atoms with Crippen LogP contribution in [0.15, 0.2) is 24.3 Å². The molecule has 1 unspecified atom stereocenters. The summed E-state index contributed by atoms with van der Waals surface area (Å²) in [5.74, 6) is 0.791. The summed E-state index contributed by atoms with van der Waals surface area (Å²) in [6.45, 7) is 8.21. The van der Waals surface area contributed by atoms with Gasteiger partial charge in [0.2, 0.25) is 0 Å². The zero-order valence-corrected chi connectivity index (χ0v) is 15.6. The van der Waals surface area contributed by atoms with E-state index in [1.807, 2.05) is 12.1 Å². The third-order valence-electron chi connectivity index (χ3n) is 4.76. The fraction of sp³-hybridized carbons (Fsp3) is 0.647. The Morgan fingerprint density at radius 1 is 1.17 bits per heavy atom. The number of benzene rings is 1. The number of methoxy groups -OCH3 is 1. The summed E-state index contributed by atoms with van der Waals surface area (Å²) in [5.41, 5.74) is 6.90. The van der Waals surface area contributed by atoms with Crippen molar-refractivity contribution in [3.63, 3.8) is 0 Å². The van der Waals surface area contributed by atoms with Crippen LogP contribution in [-0.4, -0.2) is 31.4 Å². The average molecular weight is 342 g/mol. The Balaban J connectivity index is 0.00000264. The Bertz CT molecular complexity index is 494. The van der Waals surface area contributed by atoms with Gasteiger partial charge in [-0.3, -0.25) is 0 Å². The molecule has 2 N–H and O–H groups in total. The topological polar surface area (TPSA) is 53.7 Å². The molecule has 0 amide bonds. The molecule has 6 heteroatoms. The minimum atomic E-state index is -0.324. The van der Waals surface area contributed by atoms with Crippen molar-refractivity contribution in [3.8, 4) is 5.75 Å². The van der Waals surface area contributed by atoms with Gasteiger partial charge in [-0.05, 0) is 64.7 Å². The highest BCUT2D eigenvalue weighted by molar-refractivity contribution is 6.47. The minimum Gasteiger partial charge on any atom is -0.497 e. The number of rotatable bonds is 6. The number of ether oxygens (including phenoxy) is 1. The highest BCUT2D eigenvalue weighted by atomic mass is 35.5. The van der Waals surface area contributed by atoms with Gasteiger partial charge in [-0.2, -0.15) is 0 Å². The van der Waals surface area contributed by atoms with Crippen LogP contribution in [-0.2, 0) is 15.7 Å². The summed E-state index contributed by atoms with van der Waals surface area (Å²) in [7, 11) is 1.36. The molecule has 0 bridgehead atoms. The molecule has 1 saturated heterocycles. The molecule has 2 rings (SSSR count). The summed E-state index contributed by atoms with van der Waals surface area (Å²) in [4.78, 5) is 0. The van der Waals surface area contributed by atoms with Crippen molar-refractivity contribution < 1.29 is 14.0 Å². The standard InChI is InChI=1S/C17H28BNO3.ClH/c1-16(2)17(3,4)22-18(21-16)15(19)11-7-9-13-8-6-10-14(12-13)20-5;/h6,8,10,12,15H,7,9,11,19H2,1-5H3;1H. The molecule has 0 radical (unpaired) electrons. The number of halogens is 1. The van der Waals surface area contributed by atoms with Crippen LogP contribution < -0.4 is 10.5 Å². The molecule has 0 aliphatic carbocycles. The molecular weight excluding hydrogens is 312 g/mol. The van der Waals surface area contributed by atoms with Crippen LogP contribution in [0.3, 0.4) is 0 Å². The first-order valence-corrected chi connectivity index (χ1v) is 7.99. The van der Waals surface area contributed by atoms with Crippen LogP contribution in [0.25, 0.3) is 0 Å². The van der Waals surface area contributed by atoms with E-state index in [0.717, 1.165) is 25.0 Å². The van der Waals surface area contributed by atoms with E-state index in [9.17, 15) is 0 Å². The van der Waals surface area contributed by atoms with Crippen LogP contribution >= 0.6 is 12.4 Å². The second-order valence-corrected chi connectivity index (χ2v) is 7.03. The van der Waals surface area contributed by atoms with Crippen LogP contribution in [0.1, 0.15) is 46.1 Å². The SMILES string of the molecule is COc1cccc(CCCC(N)B2OC(C)(C)C(C)(C)O2)c1.Cl. The van der Waals surface area contributed by atoms with E-state index in [0.29, 0.717) is 0 Å². The number of hydrogen-bond donors (Lipinski definition) is 1. The molecule has 0 aromatic heterocycles. The maximum Gasteiger partial charge on any atom is 0.475 e. The Labute approximate surface area is 146 Å². The van der Waals surface area contributed by atoms with Crippen molar-refractivity contribution in [3.05, 3.63) is 29.8 Å². The molecule has 4 nitrogen and oxygen atoms in total. The molecule has 130 valence electrons. The van der Waals surface area contributed by atoms with Crippen LogP contribution in [0, 0.1) is 0 Å². The number of aryl methyl sites for hydroxylation is 1. The fourth-order valence-electron chi connectivity index (χ4n) is 2.57. The van der Waals surface area contributed by atoms with E-state index in [1.54, 1.807) is 7.11 Å². The van der Waals surface area contributed by atoms with Crippen molar-refractivity contribution in [2.75, 3.05) is 7.11 Å². The predicted octanol–water partition coefficient (Wildman–Crippen LogP) is 3.40. The van der Waals surface area contributed by atoms with E-state index in [4.69, 9.17) is 19.8 Å². The minimum absolute atomic E-state index is 0. The van der Waals surface area contributed by atoms with E-state index < -0.39 is 0 Å². The second-order valence-electron chi connectivity index (χ2n) is 7.03. The lowest BCUT2D eigenvalue weighted by molar-refractivity contribution is 0.00578. The molecule has 0 saturated carbocycles. The van der Waals surface area contributed by atoms with E-state index in [-0.39, 0.29) is 36.7 Å². The van der Waals surface area contributed by atoms with Crippen molar-refractivity contribution in [2.24, 2.45) is 5.73 Å². The zero-order chi connectivity index (χ0) is 16.4. The van der Waals surface area contributed by atoms with Crippen LogP contribution in [0.2, 0.25) is 0 Å². The maximum atomic E-state index is 6.27. The van der Waals surface area contributed by atoms with Gasteiger partial charge in [0, 0.05) is 5.94 Å². The van der Waals surface area contributed by atoms with Gasteiger partial charge in [-0.15, -0.1) is 12.4 Å². The normalized spacial score (nSPS) is 20.0. The van der Waals surface area contributed by atoms with Crippen molar-refractivity contribution >= 4 is 19.5 Å². The second kappa shape index (κ2) is 7.89. The Kier molecular flexibility index (Phi) is 6.96. The maximum absolute atomic E-state index is 6.27. The van der Waals surface area contributed by atoms with Gasteiger partial charge in [-0.25, -0.2) is 0 Å². The van der Waals surface area contributed by atoms with Gasteiger partial charge in [0.05, 0.1) is 18.3 Å². The highest BCUT2D eigenvalue weighted by Crippen LogP contribution is 2.37. The molecule has 0 spiro atoms. The van der Waals surface area contributed by atoms with Crippen molar-refractivity contribution in [1.29, 1.82) is 0 Å². The predicted molar refractivity (Wildman–Crippen MR) is 97.2 cm³/mol. The van der Waals surface area contributed by atoms with E-state index >= 15 is 0 Å². The number of nitrogens with two attached hydrogens (primary N) is 1. The molecule has 1 aromatic rings. The molecule has 1 heterocycles. The Morgan fingerprint density at radius 2 is 1.78 bits per heavy atom. The summed E-state index contributed by atoms with van der Waals surface area (Å²) in [5, 5.41) is 0. The van der Waals surface area contributed by atoms with Crippen LogP contribution in [0.4, 0.5) is 0 Å². The highest BCUT2D eigenvalue weighted by Gasteiger charge is 2.52. The molecule has 23 heavy (non-hydrogen) atoms. The molecule has 1 aliphatic rings. The lowest BCUT2D eigenvalue weighted by atomic mass is 9.76. The van der Waals surface area contributed by atoms with Gasteiger partial charge >= 0.3 is 7.12 Å². The molecule has 1 fully saturated rings. The van der Waals surface area contributed by atoms with E-state index in [2.05, 4.69) is 39.8 Å². The zero-order valence-electron chi connectivity index (χ0n) is 14.8. The van der Waals surface area contributed by atoms with Gasteiger partial charge < -0.3 is 19.8 Å². The van der Waals surface area contributed by atoms with Crippen molar-refractivity contribution in [1.82, 2.24) is 0 Å². The molecular formula is C17H29BClNO3. The summed E-state index contributed by atoms with van der Waals surface area (Å²) in [6.07, 6.45) is 2.84. The third kappa shape index (κ3) is 4.86. The Morgan fingerprint density at radius 3 is 2.35 bits per heavy atom. The monoisotopic (exact) mass is 341 g/mol. The fourth-order valence-corrected chi connectivity index (χ4v) is 2.57. The van der Waals surface area contributed by atoms with Crippen LogP contribution in [0.5, 0.6) is 5.75 Å². The largest absolute Gasteiger partial charge is 0.497 e. The molecule has 1 aromatic carbocycles. The lowest BCUT2D eigenvalue weighted by Gasteiger charge is -2.32. The first-order chi connectivity index (χ1) is 10.2. The van der Waals surface area contributed by atoms with Crippen molar-refractivity contribution in [2.45, 2.75) is 64.1 Å². The first kappa shape index (κ1) is 20.3. The molecule has 1 aliphatic heterocycles. The number of hydrogen-bond acceptors (Lipinski definition) is 4.